The van der Waals surface area contributed by atoms with Crippen LogP contribution < -0.4 is 21.3 Å². The molecule has 0 aliphatic carbocycles. The number of rotatable bonds is 3. The molecule has 9 nitrogen and oxygen atoms in total. The van der Waals surface area contributed by atoms with Crippen molar-refractivity contribution in [1.82, 2.24) is 25.5 Å². The molecule has 0 fully saturated rings. The molecule has 0 spiro atoms. The zero-order valence-electron chi connectivity index (χ0n) is 8.69. The van der Waals surface area contributed by atoms with Gasteiger partial charge in [0.2, 0.25) is 5.96 Å². The van der Waals surface area contributed by atoms with Crippen LogP contribution in [0.15, 0.2) is 11.4 Å². The highest BCUT2D eigenvalue weighted by molar-refractivity contribution is 7.89. The van der Waals surface area contributed by atoms with Gasteiger partial charge in [-0.25, -0.2) is 18.4 Å². The summed E-state index contributed by atoms with van der Waals surface area (Å²) < 4.78 is 23.3. The summed E-state index contributed by atoms with van der Waals surface area (Å²) in [6.07, 6.45) is 1.46. The summed E-state index contributed by atoms with van der Waals surface area (Å²) in [4.78, 5) is 9.57. The van der Waals surface area contributed by atoms with Crippen molar-refractivity contribution in [3.8, 4) is 0 Å². The van der Waals surface area contributed by atoms with Gasteiger partial charge >= 0.3 is 0 Å². The van der Waals surface area contributed by atoms with E-state index in [1.54, 1.807) is 0 Å². The number of nitrogens with one attached hydrogen (secondary N) is 4. The number of hydrazine groups is 1. The predicted molar refractivity (Wildman–Crippen MR) is 57.9 cm³/mol. The van der Waals surface area contributed by atoms with E-state index >= 15 is 0 Å². The average Bonchev–Trinajstić information content (AvgIpc) is 2.73. The highest BCUT2D eigenvalue weighted by Gasteiger charge is 2.21. The lowest BCUT2D eigenvalue weighted by molar-refractivity contribution is 0.566. The molecule has 2 heterocycles. The van der Waals surface area contributed by atoms with Crippen LogP contribution in [0.1, 0.15) is 11.3 Å². The largest absolute Gasteiger partial charge is 0.369 e. The van der Waals surface area contributed by atoms with Crippen molar-refractivity contribution in [2.75, 3.05) is 0 Å². The molecule has 0 aromatic carbocycles. The second kappa shape index (κ2) is 4.24. The van der Waals surface area contributed by atoms with Gasteiger partial charge in [0.05, 0.1) is 5.69 Å². The highest BCUT2D eigenvalue weighted by Crippen LogP contribution is 2.12. The van der Waals surface area contributed by atoms with E-state index in [-0.39, 0.29) is 5.16 Å². The number of nitrogens with two attached hydrogens (primary N) is 1. The lowest BCUT2D eigenvalue weighted by Gasteiger charge is -2.06. The van der Waals surface area contributed by atoms with Crippen LogP contribution in [0, 0.1) is 5.41 Å². The zero-order valence-corrected chi connectivity index (χ0v) is 9.50. The maximum atomic E-state index is 11.7. The second-order valence-electron chi connectivity index (χ2n) is 3.37. The molecular weight excluding hydrogens is 246 g/mol. The molecule has 1 aliphatic rings. The van der Waals surface area contributed by atoms with E-state index in [0.29, 0.717) is 18.8 Å². The number of guanidine groups is 1. The SMILES string of the molecule is N=C(N)NNS(=O)(=O)c1ncc2c(n1)CNC2. The monoisotopic (exact) mass is 257 g/mol. The van der Waals surface area contributed by atoms with Crippen molar-refractivity contribution in [2.24, 2.45) is 5.73 Å². The molecule has 6 N–H and O–H groups in total. The summed E-state index contributed by atoms with van der Waals surface area (Å²) in [7, 11) is -3.91. The fourth-order valence-corrected chi connectivity index (χ4v) is 2.09. The van der Waals surface area contributed by atoms with Gasteiger partial charge in [-0.3, -0.25) is 10.8 Å². The molecule has 10 heteroatoms. The van der Waals surface area contributed by atoms with Gasteiger partial charge in [-0.05, 0) is 0 Å². The van der Waals surface area contributed by atoms with Crippen molar-refractivity contribution in [3.63, 3.8) is 0 Å². The maximum Gasteiger partial charge on any atom is 0.293 e. The minimum Gasteiger partial charge on any atom is -0.369 e. The Hall–Kier alpha value is -1.78. The third kappa shape index (κ3) is 2.49. The van der Waals surface area contributed by atoms with Crippen molar-refractivity contribution in [3.05, 3.63) is 17.5 Å². The molecule has 0 atom stereocenters. The molecule has 1 aromatic heterocycles. The van der Waals surface area contributed by atoms with Crippen LogP contribution in [0.5, 0.6) is 0 Å². The maximum absolute atomic E-state index is 11.7. The van der Waals surface area contributed by atoms with Gasteiger partial charge in [0, 0.05) is 24.8 Å². The van der Waals surface area contributed by atoms with E-state index in [2.05, 4.69) is 15.3 Å². The number of sulfonamides is 1. The van der Waals surface area contributed by atoms with Gasteiger partial charge < -0.3 is 11.1 Å². The Bertz CT molecular complexity index is 555. The van der Waals surface area contributed by atoms with Crippen LogP contribution in [0.25, 0.3) is 0 Å². The summed E-state index contributed by atoms with van der Waals surface area (Å²) in [5, 5.41) is 9.52. The average molecular weight is 257 g/mol. The smallest absolute Gasteiger partial charge is 0.293 e. The zero-order chi connectivity index (χ0) is 12.5. The quantitative estimate of drug-likeness (QED) is 0.178. The number of nitrogens with zero attached hydrogens (tertiary/aromatic N) is 2. The molecule has 0 saturated heterocycles. The van der Waals surface area contributed by atoms with E-state index in [1.807, 2.05) is 10.3 Å². The van der Waals surface area contributed by atoms with Crippen LogP contribution in [0.3, 0.4) is 0 Å². The molecule has 0 saturated carbocycles. The van der Waals surface area contributed by atoms with Gasteiger partial charge in [-0.1, -0.05) is 0 Å². The Morgan fingerprint density at radius 1 is 1.53 bits per heavy atom. The lowest BCUT2D eigenvalue weighted by atomic mass is 10.3. The predicted octanol–water partition coefficient (Wildman–Crippen LogP) is -2.24. The van der Waals surface area contributed by atoms with Crippen molar-refractivity contribution in [2.45, 2.75) is 18.2 Å². The Morgan fingerprint density at radius 3 is 3.00 bits per heavy atom. The lowest BCUT2D eigenvalue weighted by Crippen LogP contribution is -2.45. The molecule has 1 aliphatic heterocycles. The topological polar surface area (TPSA) is 146 Å². The molecule has 1 aromatic rings. The summed E-state index contributed by atoms with van der Waals surface area (Å²) >= 11 is 0. The summed E-state index contributed by atoms with van der Waals surface area (Å²) in [6.45, 7) is 1.15. The van der Waals surface area contributed by atoms with Crippen molar-refractivity contribution in [1.29, 1.82) is 5.41 Å². The van der Waals surface area contributed by atoms with Crippen LogP contribution in [-0.4, -0.2) is 24.3 Å². The van der Waals surface area contributed by atoms with Crippen LogP contribution in [0.2, 0.25) is 0 Å². The fourth-order valence-electron chi connectivity index (χ4n) is 1.34. The van der Waals surface area contributed by atoms with Crippen molar-refractivity contribution < 1.29 is 8.42 Å². The van der Waals surface area contributed by atoms with Gasteiger partial charge in [-0.15, -0.1) is 4.83 Å². The minimum absolute atomic E-state index is 0.353. The Labute approximate surface area is 97.4 Å². The Morgan fingerprint density at radius 2 is 2.29 bits per heavy atom. The number of hydrogen-bond acceptors (Lipinski definition) is 6. The first-order valence-corrected chi connectivity index (χ1v) is 6.15. The first kappa shape index (κ1) is 11.7. The molecule has 0 bridgehead atoms. The van der Waals surface area contributed by atoms with E-state index < -0.39 is 16.0 Å². The number of hydrogen-bond donors (Lipinski definition) is 5. The molecular formula is C7H11N7O2S. The Kier molecular flexibility index (Phi) is 2.92. The third-order valence-corrected chi connectivity index (χ3v) is 3.15. The summed E-state index contributed by atoms with van der Waals surface area (Å²) in [6, 6.07) is 0. The van der Waals surface area contributed by atoms with E-state index in [4.69, 9.17) is 11.1 Å². The summed E-state index contributed by atoms with van der Waals surface area (Å²) in [5.41, 5.74) is 8.48. The Balaban J connectivity index is 2.24. The first-order valence-electron chi connectivity index (χ1n) is 4.66. The second-order valence-corrected chi connectivity index (χ2v) is 4.95. The third-order valence-electron chi connectivity index (χ3n) is 2.10. The fraction of sp³-hybridized carbons (Fsp3) is 0.286. The highest BCUT2D eigenvalue weighted by atomic mass is 32.2. The van der Waals surface area contributed by atoms with Crippen LogP contribution >= 0.6 is 0 Å². The molecule has 17 heavy (non-hydrogen) atoms. The number of fused-ring (bicyclic) bond motifs is 1. The normalized spacial score (nSPS) is 14.4. The van der Waals surface area contributed by atoms with E-state index in [9.17, 15) is 8.42 Å². The molecule has 0 radical (unpaired) electrons. The first-order chi connectivity index (χ1) is 7.99. The number of aromatic nitrogens is 2. The van der Waals surface area contributed by atoms with Crippen molar-refractivity contribution >= 4 is 16.0 Å². The van der Waals surface area contributed by atoms with Gasteiger partial charge in [0.15, 0.2) is 0 Å². The molecule has 92 valence electrons. The van der Waals surface area contributed by atoms with Gasteiger partial charge in [-0.2, -0.15) is 0 Å². The van der Waals surface area contributed by atoms with E-state index in [1.165, 1.54) is 6.20 Å². The summed E-state index contributed by atoms with van der Waals surface area (Å²) in [5.74, 6) is -0.517. The van der Waals surface area contributed by atoms with E-state index in [0.717, 1.165) is 5.56 Å². The molecule has 0 amide bonds. The van der Waals surface area contributed by atoms with Gasteiger partial charge in [0.1, 0.15) is 0 Å². The van der Waals surface area contributed by atoms with Crippen LogP contribution in [-0.2, 0) is 23.1 Å². The van der Waals surface area contributed by atoms with Gasteiger partial charge in [0.25, 0.3) is 15.2 Å². The minimum atomic E-state index is -3.91. The standard InChI is InChI=1S/C7H11N7O2S/c8-6(9)13-14-17(15,16)7-11-2-4-1-10-3-5(4)12-7/h2,10,14H,1,3H2,(H4,8,9,13). The molecule has 2 rings (SSSR count). The van der Waals surface area contributed by atoms with Crippen LogP contribution in [0.4, 0.5) is 0 Å². The molecule has 0 unspecified atom stereocenters.